The second kappa shape index (κ2) is 3.16. The van der Waals surface area contributed by atoms with Gasteiger partial charge >= 0.3 is 7.12 Å². The zero-order valence-electron chi connectivity index (χ0n) is 5.32. The molecule has 0 saturated carbocycles. The zero-order chi connectivity index (χ0) is 7.56. The maximum atomic E-state index is 8.66. The summed E-state index contributed by atoms with van der Waals surface area (Å²) in [6, 6.07) is 3.46. The van der Waals surface area contributed by atoms with Crippen LogP contribution in [-0.4, -0.2) is 17.2 Å². The van der Waals surface area contributed by atoms with Gasteiger partial charge in [0.15, 0.2) is 0 Å². The van der Waals surface area contributed by atoms with E-state index < -0.39 is 7.12 Å². The molecule has 0 aromatic carbocycles. The minimum Gasteiger partial charge on any atom is -0.423 e. The Labute approximate surface area is 63.3 Å². The summed E-state index contributed by atoms with van der Waals surface area (Å²) in [5, 5.41) is 17.3. The molecule has 1 aromatic heterocycles. The first kappa shape index (κ1) is 7.75. The second-order valence-electron chi connectivity index (χ2n) is 1.88. The lowest BCUT2D eigenvalue weighted by Crippen LogP contribution is -2.26. The van der Waals surface area contributed by atoms with E-state index in [-0.39, 0.29) is 0 Å². The highest BCUT2D eigenvalue weighted by Crippen LogP contribution is 2.04. The molecular weight excluding hydrogens is 149 g/mol. The largest absolute Gasteiger partial charge is 0.499 e. The summed E-state index contributed by atoms with van der Waals surface area (Å²) in [7, 11) is -1.36. The molecule has 0 fully saturated rings. The summed E-state index contributed by atoms with van der Waals surface area (Å²) in [4.78, 5) is 0.961. The molecule has 4 N–H and O–H groups in total. The lowest BCUT2D eigenvalue weighted by Gasteiger charge is -1.89. The molecule has 0 amide bonds. The van der Waals surface area contributed by atoms with Crippen LogP contribution in [0.4, 0.5) is 0 Å². The van der Waals surface area contributed by atoms with Crippen molar-refractivity contribution in [3.63, 3.8) is 0 Å². The molecule has 3 nitrogen and oxygen atoms in total. The molecule has 0 aliphatic heterocycles. The molecule has 0 unspecified atom stereocenters. The highest BCUT2D eigenvalue weighted by Gasteiger charge is 2.12. The van der Waals surface area contributed by atoms with Crippen molar-refractivity contribution in [1.82, 2.24) is 0 Å². The van der Waals surface area contributed by atoms with Gasteiger partial charge in [-0.25, -0.2) is 0 Å². The van der Waals surface area contributed by atoms with Gasteiger partial charge in [0, 0.05) is 16.2 Å². The first-order valence-corrected chi connectivity index (χ1v) is 3.70. The Morgan fingerprint density at radius 2 is 2.20 bits per heavy atom. The predicted octanol–water partition coefficient (Wildman–Crippen LogP) is -1.11. The van der Waals surface area contributed by atoms with Gasteiger partial charge < -0.3 is 15.8 Å². The number of hydrogen-bond donors (Lipinski definition) is 3. The molecule has 0 spiro atoms. The van der Waals surface area contributed by atoms with Crippen LogP contribution in [0.1, 0.15) is 4.88 Å². The molecule has 0 aliphatic carbocycles. The lowest BCUT2D eigenvalue weighted by atomic mass is 9.90. The Morgan fingerprint density at radius 3 is 2.50 bits per heavy atom. The lowest BCUT2D eigenvalue weighted by molar-refractivity contribution is 0.427. The number of hydrogen-bond acceptors (Lipinski definition) is 4. The monoisotopic (exact) mass is 157 g/mol. The van der Waals surface area contributed by atoms with E-state index in [0.717, 1.165) is 4.88 Å². The second-order valence-corrected chi connectivity index (χ2v) is 3.08. The smallest absolute Gasteiger partial charge is 0.423 e. The minimum atomic E-state index is -1.36. The Hall–Kier alpha value is -0.355. The van der Waals surface area contributed by atoms with E-state index in [0.29, 0.717) is 11.3 Å². The maximum absolute atomic E-state index is 8.66. The summed E-state index contributed by atoms with van der Waals surface area (Å²) in [5.74, 6) is 0. The van der Waals surface area contributed by atoms with Crippen LogP contribution in [0, 0.1) is 0 Å². The van der Waals surface area contributed by atoms with Gasteiger partial charge in [0.2, 0.25) is 0 Å². The Kier molecular flexibility index (Phi) is 2.45. The van der Waals surface area contributed by atoms with Crippen molar-refractivity contribution < 1.29 is 10.0 Å². The van der Waals surface area contributed by atoms with Crippen LogP contribution in [0.15, 0.2) is 12.1 Å². The summed E-state index contributed by atoms with van der Waals surface area (Å²) in [6.45, 7) is 0.456. The van der Waals surface area contributed by atoms with Crippen LogP contribution in [0.5, 0.6) is 0 Å². The molecule has 0 aliphatic rings. The van der Waals surface area contributed by atoms with Crippen molar-refractivity contribution in [2.45, 2.75) is 6.54 Å². The topological polar surface area (TPSA) is 66.5 Å². The van der Waals surface area contributed by atoms with Crippen molar-refractivity contribution in [3.05, 3.63) is 17.0 Å². The van der Waals surface area contributed by atoms with Crippen LogP contribution in [-0.2, 0) is 6.54 Å². The Bertz CT molecular complexity index is 213. The fourth-order valence-corrected chi connectivity index (χ4v) is 1.41. The highest BCUT2D eigenvalue weighted by atomic mass is 32.1. The SMILES string of the molecule is NCc1ccc(B(O)O)s1. The number of nitrogens with two attached hydrogens (primary N) is 1. The predicted molar refractivity (Wildman–Crippen MR) is 42.0 cm³/mol. The molecule has 0 atom stereocenters. The van der Waals surface area contributed by atoms with Crippen LogP contribution in [0.3, 0.4) is 0 Å². The average Bonchev–Trinajstić information content (AvgIpc) is 2.34. The third-order valence-electron chi connectivity index (χ3n) is 1.14. The Balaban J connectivity index is 2.78. The van der Waals surface area contributed by atoms with E-state index in [1.54, 1.807) is 12.1 Å². The van der Waals surface area contributed by atoms with Crippen molar-refractivity contribution in [3.8, 4) is 0 Å². The molecule has 0 bridgehead atoms. The van der Waals surface area contributed by atoms with Gasteiger partial charge in [-0.3, -0.25) is 0 Å². The van der Waals surface area contributed by atoms with Gasteiger partial charge in [0.05, 0.1) is 0 Å². The van der Waals surface area contributed by atoms with E-state index in [1.807, 2.05) is 0 Å². The van der Waals surface area contributed by atoms with Gasteiger partial charge in [-0.2, -0.15) is 0 Å². The maximum Gasteiger partial charge on any atom is 0.499 e. The average molecular weight is 157 g/mol. The molecule has 1 rings (SSSR count). The first-order chi connectivity index (χ1) is 4.74. The van der Waals surface area contributed by atoms with E-state index in [1.165, 1.54) is 11.3 Å². The van der Waals surface area contributed by atoms with Crippen molar-refractivity contribution >= 4 is 23.2 Å². The van der Waals surface area contributed by atoms with Crippen LogP contribution < -0.4 is 10.5 Å². The fourth-order valence-electron chi connectivity index (χ4n) is 0.643. The van der Waals surface area contributed by atoms with Crippen LogP contribution in [0.25, 0.3) is 0 Å². The molecule has 5 heteroatoms. The standard InChI is InChI=1S/C5H8BNO2S/c7-3-4-1-2-5(10-4)6(8)9/h1-2,8-9H,3,7H2. The van der Waals surface area contributed by atoms with Gasteiger partial charge in [-0.1, -0.05) is 6.07 Å². The van der Waals surface area contributed by atoms with E-state index in [4.69, 9.17) is 15.8 Å². The van der Waals surface area contributed by atoms with Gasteiger partial charge in [-0.05, 0) is 6.07 Å². The van der Waals surface area contributed by atoms with Gasteiger partial charge in [-0.15, -0.1) is 11.3 Å². The normalized spacial score (nSPS) is 9.90. The minimum absolute atomic E-state index is 0.456. The molecule has 0 radical (unpaired) electrons. The van der Waals surface area contributed by atoms with E-state index in [9.17, 15) is 0 Å². The van der Waals surface area contributed by atoms with Gasteiger partial charge in [0.25, 0.3) is 0 Å². The molecule has 1 aromatic rings. The molecule has 1 heterocycles. The summed E-state index contributed by atoms with van der Waals surface area (Å²) >= 11 is 1.32. The number of thiophene rings is 1. The first-order valence-electron chi connectivity index (χ1n) is 2.89. The van der Waals surface area contributed by atoms with E-state index >= 15 is 0 Å². The third kappa shape index (κ3) is 1.57. The molecule has 0 saturated heterocycles. The van der Waals surface area contributed by atoms with Crippen molar-refractivity contribution in [2.75, 3.05) is 0 Å². The van der Waals surface area contributed by atoms with Crippen LogP contribution in [0.2, 0.25) is 0 Å². The fraction of sp³-hybridized carbons (Fsp3) is 0.200. The third-order valence-corrected chi connectivity index (χ3v) is 2.29. The zero-order valence-corrected chi connectivity index (χ0v) is 6.14. The molecule has 10 heavy (non-hydrogen) atoms. The summed E-state index contributed by atoms with van der Waals surface area (Å²) < 4.78 is 0.542. The van der Waals surface area contributed by atoms with Crippen molar-refractivity contribution in [1.29, 1.82) is 0 Å². The van der Waals surface area contributed by atoms with Gasteiger partial charge in [0.1, 0.15) is 0 Å². The summed E-state index contributed by atoms with van der Waals surface area (Å²) in [6.07, 6.45) is 0. The molecule has 54 valence electrons. The van der Waals surface area contributed by atoms with E-state index in [2.05, 4.69) is 0 Å². The number of rotatable bonds is 2. The van der Waals surface area contributed by atoms with Crippen LogP contribution >= 0.6 is 11.3 Å². The van der Waals surface area contributed by atoms with Crippen molar-refractivity contribution in [2.24, 2.45) is 5.73 Å². The highest BCUT2D eigenvalue weighted by molar-refractivity contribution is 7.22. The Morgan fingerprint density at radius 1 is 1.50 bits per heavy atom. The molecular formula is C5H8BNO2S. The summed E-state index contributed by atoms with van der Waals surface area (Å²) in [5.41, 5.74) is 5.31. The quantitative estimate of drug-likeness (QED) is 0.476.